The third kappa shape index (κ3) is 3.76. The van der Waals surface area contributed by atoms with Crippen molar-refractivity contribution in [3.05, 3.63) is 11.8 Å². The molecule has 0 radical (unpaired) electrons. The minimum atomic E-state index is -0.0315. The second-order valence-corrected chi connectivity index (χ2v) is 5.80. The number of hydrogen-bond donors (Lipinski definition) is 1. The van der Waals surface area contributed by atoms with Crippen molar-refractivity contribution in [2.45, 2.75) is 65.5 Å². The van der Waals surface area contributed by atoms with Gasteiger partial charge in [0, 0.05) is 18.1 Å². The molecule has 1 aliphatic rings. The summed E-state index contributed by atoms with van der Waals surface area (Å²) in [5, 5.41) is 3.36. The zero-order valence-corrected chi connectivity index (χ0v) is 11.8. The summed E-state index contributed by atoms with van der Waals surface area (Å²) in [4.78, 5) is 14.2. The number of carbonyl (C=O) groups is 1. The smallest absolute Gasteiger partial charge is 0.269 e. The molecule has 0 unspecified atom stereocenters. The molecule has 1 rings (SSSR count). The lowest BCUT2D eigenvalue weighted by molar-refractivity contribution is -0.132. The van der Waals surface area contributed by atoms with Crippen molar-refractivity contribution in [2.24, 2.45) is 0 Å². The largest absolute Gasteiger partial charge is 0.374 e. The van der Waals surface area contributed by atoms with Gasteiger partial charge in [0.25, 0.3) is 5.91 Å². The molecule has 17 heavy (non-hydrogen) atoms. The lowest BCUT2D eigenvalue weighted by atomic mass is 9.98. The average molecular weight is 238 g/mol. The first-order chi connectivity index (χ1) is 7.87. The minimum absolute atomic E-state index is 0.0315. The van der Waals surface area contributed by atoms with Gasteiger partial charge in [-0.2, -0.15) is 0 Å². The van der Waals surface area contributed by atoms with Gasteiger partial charge in [-0.3, -0.25) is 4.79 Å². The molecule has 1 saturated heterocycles. The van der Waals surface area contributed by atoms with E-state index in [4.69, 9.17) is 0 Å². The average Bonchev–Trinajstić information content (AvgIpc) is 2.22. The van der Waals surface area contributed by atoms with Gasteiger partial charge in [-0.05, 0) is 40.5 Å². The zero-order chi connectivity index (χ0) is 13.1. The highest BCUT2D eigenvalue weighted by Gasteiger charge is 2.34. The first kappa shape index (κ1) is 14.1. The summed E-state index contributed by atoms with van der Waals surface area (Å²) in [6.45, 7) is 11.4. The Morgan fingerprint density at radius 2 is 2.12 bits per heavy atom. The maximum Gasteiger partial charge on any atom is 0.269 e. The van der Waals surface area contributed by atoms with E-state index in [1.165, 1.54) is 0 Å². The third-order valence-electron chi connectivity index (χ3n) is 3.06. The predicted octanol–water partition coefficient (Wildman–Crippen LogP) is 2.68. The minimum Gasteiger partial charge on any atom is -0.374 e. The Kier molecular flexibility index (Phi) is 4.61. The van der Waals surface area contributed by atoms with Crippen molar-refractivity contribution in [2.75, 3.05) is 6.54 Å². The third-order valence-corrected chi connectivity index (χ3v) is 3.06. The Hall–Kier alpha value is -0.990. The molecule has 0 atom stereocenters. The van der Waals surface area contributed by atoms with Crippen LogP contribution in [0.15, 0.2) is 11.8 Å². The summed E-state index contributed by atoms with van der Waals surface area (Å²) >= 11 is 0. The predicted molar refractivity (Wildman–Crippen MR) is 71.7 cm³/mol. The van der Waals surface area contributed by atoms with Gasteiger partial charge < -0.3 is 10.2 Å². The number of amides is 1. The number of rotatable bonds is 4. The van der Waals surface area contributed by atoms with E-state index in [1.54, 1.807) is 0 Å². The molecule has 1 aliphatic heterocycles. The van der Waals surface area contributed by atoms with E-state index < -0.39 is 0 Å². The molecule has 1 fully saturated rings. The van der Waals surface area contributed by atoms with Crippen LogP contribution in [0.3, 0.4) is 0 Å². The molecule has 0 bridgehead atoms. The van der Waals surface area contributed by atoms with E-state index in [-0.39, 0.29) is 17.5 Å². The highest BCUT2D eigenvalue weighted by Crippen LogP contribution is 2.20. The Bertz CT molecular complexity index is 305. The van der Waals surface area contributed by atoms with Crippen molar-refractivity contribution >= 4 is 5.91 Å². The van der Waals surface area contributed by atoms with Crippen LogP contribution in [0.4, 0.5) is 0 Å². The van der Waals surface area contributed by atoms with Gasteiger partial charge >= 0.3 is 0 Å². The van der Waals surface area contributed by atoms with Gasteiger partial charge in [-0.1, -0.05) is 19.4 Å². The second kappa shape index (κ2) is 5.56. The first-order valence-corrected chi connectivity index (χ1v) is 6.66. The molecule has 0 aliphatic carbocycles. The monoisotopic (exact) mass is 238 g/mol. The van der Waals surface area contributed by atoms with Crippen molar-refractivity contribution in [3.63, 3.8) is 0 Å². The molecule has 0 saturated carbocycles. The van der Waals surface area contributed by atoms with Crippen molar-refractivity contribution in [1.82, 2.24) is 10.2 Å². The molecule has 3 nitrogen and oxygen atoms in total. The second-order valence-electron chi connectivity index (χ2n) is 5.80. The fourth-order valence-corrected chi connectivity index (χ4v) is 2.12. The normalized spacial score (nSPS) is 22.1. The van der Waals surface area contributed by atoms with Crippen LogP contribution in [-0.4, -0.2) is 28.9 Å². The van der Waals surface area contributed by atoms with Crippen LogP contribution in [-0.2, 0) is 4.79 Å². The molecule has 3 heteroatoms. The quantitative estimate of drug-likeness (QED) is 0.603. The Morgan fingerprint density at radius 1 is 1.47 bits per heavy atom. The first-order valence-electron chi connectivity index (χ1n) is 6.66. The van der Waals surface area contributed by atoms with Gasteiger partial charge in [0.05, 0.1) is 5.70 Å². The van der Waals surface area contributed by atoms with E-state index in [2.05, 4.69) is 46.0 Å². The van der Waals surface area contributed by atoms with Gasteiger partial charge in [0.2, 0.25) is 0 Å². The molecular formula is C14H26N2O. The van der Waals surface area contributed by atoms with Crippen LogP contribution in [0.2, 0.25) is 0 Å². The van der Waals surface area contributed by atoms with E-state index >= 15 is 0 Å². The number of allylic oxidation sites excluding steroid dienone is 1. The standard InChI is InChI=1S/C14H26N2O/c1-6-7-8-9-12-13(17)16(11(2)3)10-14(4,5)15-12/h9,11,15H,6-8,10H2,1-5H3/b12-9+. The van der Waals surface area contributed by atoms with Crippen LogP contribution < -0.4 is 5.32 Å². The van der Waals surface area contributed by atoms with Gasteiger partial charge in [0.1, 0.15) is 0 Å². The number of carbonyl (C=O) groups excluding carboxylic acids is 1. The summed E-state index contributed by atoms with van der Waals surface area (Å²) < 4.78 is 0. The topological polar surface area (TPSA) is 32.3 Å². The van der Waals surface area contributed by atoms with Crippen LogP contribution in [0.5, 0.6) is 0 Å². The number of nitrogens with zero attached hydrogens (tertiary/aromatic N) is 1. The van der Waals surface area contributed by atoms with Crippen LogP contribution in [0.1, 0.15) is 53.9 Å². The maximum absolute atomic E-state index is 12.2. The Balaban J connectivity index is 2.82. The van der Waals surface area contributed by atoms with Gasteiger partial charge in [0.15, 0.2) is 0 Å². The fourth-order valence-electron chi connectivity index (χ4n) is 2.12. The molecule has 0 aromatic heterocycles. The van der Waals surface area contributed by atoms with Crippen LogP contribution >= 0.6 is 0 Å². The molecular weight excluding hydrogens is 212 g/mol. The van der Waals surface area contributed by atoms with E-state index in [0.29, 0.717) is 0 Å². The van der Waals surface area contributed by atoms with Crippen LogP contribution in [0.25, 0.3) is 0 Å². The number of hydrogen-bond acceptors (Lipinski definition) is 2. The Labute approximate surface area is 105 Å². The highest BCUT2D eigenvalue weighted by atomic mass is 16.2. The van der Waals surface area contributed by atoms with E-state index in [0.717, 1.165) is 31.5 Å². The molecule has 0 aromatic carbocycles. The summed E-state index contributed by atoms with van der Waals surface area (Å²) in [7, 11) is 0. The fraction of sp³-hybridized carbons (Fsp3) is 0.786. The number of nitrogens with one attached hydrogen (secondary N) is 1. The van der Waals surface area contributed by atoms with Crippen molar-refractivity contribution in [3.8, 4) is 0 Å². The Morgan fingerprint density at radius 3 is 2.65 bits per heavy atom. The zero-order valence-electron chi connectivity index (χ0n) is 11.8. The molecule has 98 valence electrons. The highest BCUT2D eigenvalue weighted by molar-refractivity contribution is 5.94. The molecule has 0 spiro atoms. The number of unbranched alkanes of at least 4 members (excludes halogenated alkanes) is 2. The van der Waals surface area contributed by atoms with Gasteiger partial charge in [-0.15, -0.1) is 0 Å². The van der Waals surface area contributed by atoms with Crippen molar-refractivity contribution in [1.29, 1.82) is 0 Å². The maximum atomic E-state index is 12.2. The van der Waals surface area contributed by atoms with Crippen LogP contribution in [0, 0.1) is 0 Å². The summed E-state index contributed by atoms with van der Waals surface area (Å²) in [5.74, 6) is 0.149. The van der Waals surface area contributed by atoms with Gasteiger partial charge in [-0.25, -0.2) is 0 Å². The molecule has 1 heterocycles. The lowest BCUT2D eigenvalue weighted by Gasteiger charge is -2.42. The summed E-state index contributed by atoms with van der Waals surface area (Å²) in [6, 6.07) is 0.262. The number of piperazine rings is 1. The van der Waals surface area contributed by atoms with Crippen molar-refractivity contribution < 1.29 is 4.79 Å². The summed E-state index contributed by atoms with van der Waals surface area (Å²) in [6.07, 6.45) is 5.34. The molecule has 0 aromatic rings. The SMILES string of the molecule is CCCC/C=C1/NC(C)(C)CN(C(C)C)C1=O. The van der Waals surface area contributed by atoms with E-state index in [9.17, 15) is 4.79 Å². The molecule has 1 N–H and O–H groups in total. The summed E-state index contributed by atoms with van der Waals surface area (Å²) in [5.41, 5.74) is 0.749. The lowest BCUT2D eigenvalue weighted by Crippen LogP contribution is -2.59. The molecule has 1 amide bonds. The van der Waals surface area contributed by atoms with E-state index in [1.807, 2.05) is 4.90 Å².